The van der Waals surface area contributed by atoms with Gasteiger partial charge in [-0.15, -0.1) is 0 Å². The molecule has 68 valence electrons. The van der Waals surface area contributed by atoms with E-state index >= 15 is 0 Å². The van der Waals surface area contributed by atoms with E-state index in [1.165, 1.54) is 19.3 Å². The smallest absolute Gasteiger partial charge is 0.00813 e. The van der Waals surface area contributed by atoms with Gasteiger partial charge < -0.3 is 4.90 Å². The molecule has 0 saturated carbocycles. The molecule has 0 fully saturated rings. The lowest BCUT2D eigenvalue weighted by Crippen LogP contribution is -2.24. The lowest BCUT2D eigenvalue weighted by molar-refractivity contribution is 0.292. The van der Waals surface area contributed by atoms with Crippen LogP contribution in [0, 0.1) is 0 Å². The van der Waals surface area contributed by atoms with Crippen molar-refractivity contribution in [1.29, 1.82) is 0 Å². The SMILES string of the molecule is CC(I)CCCC(C)N(C)C. The topological polar surface area (TPSA) is 3.24 Å². The van der Waals surface area contributed by atoms with Crippen molar-refractivity contribution in [1.82, 2.24) is 4.90 Å². The quantitative estimate of drug-likeness (QED) is 0.548. The van der Waals surface area contributed by atoms with Crippen LogP contribution in [0.2, 0.25) is 0 Å². The number of hydrogen-bond donors (Lipinski definition) is 0. The Balaban J connectivity index is 3.24. The number of rotatable bonds is 5. The van der Waals surface area contributed by atoms with Gasteiger partial charge >= 0.3 is 0 Å². The fourth-order valence-corrected chi connectivity index (χ4v) is 1.39. The molecule has 0 bridgehead atoms. The first-order chi connectivity index (χ1) is 5.04. The van der Waals surface area contributed by atoms with E-state index in [9.17, 15) is 0 Å². The predicted molar refractivity (Wildman–Crippen MR) is 60.5 cm³/mol. The monoisotopic (exact) mass is 269 g/mol. The Labute approximate surface area is 84.7 Å². The molecule has 0 aromatic rings. The van der Waals surface area contributed by atoms with E-state index in [0.717, 1.165) is 9.97 Å². The van der Waals surface area contributed by atoms with E-state index in [2.05, 4.69) is 55.4 Å². The highest BCUT2D eigenvalue weighted by atomic mass is 127. The van der Waals surface area contributed by atoms with Crippen LogP contribution in [0.4, 0.5) is 0 Å². The average molecular weight is 269 g/mol. The minimum absolute atomic E-state index is 0.741. The van der Waals surface area contributed by atoms with Crippen LogP contribution in [0.5, 0.6) is 0 Å². The molecule has 2 unspecified atom stereocenters. The van der Waals surface area contributed by atoms with Crippen LogP contribution in [0.15, 0.2) is 0 Å². The van der Waals surface area contributed by atoms with E-state index in [1.807, 2.05) is 0 Å². The van der Waals surface area contributed by atoms with Gasteiger partial charge in [-0.1, -0.05) is 35.9 Å². The fraction of sp³-hybridized carbons (Fsp3) is 1.00. The minimum Gasteiger partial charge on any atom is -0.307 e. The summed E-state index contributed by atoms with van der Waals surface area (Å²) in [6.45, 7) is 4.57. The molecule has 0 aliphatic heterocycles. The highest BCUT2D eigenvalue weighted by molar-refractivity contribution is 14.1. The van der Waals surface area contributed by atoms with Crippen LogP contribution < -0.4 is 0 Å². The molecule has 0 saturated heterocycles. The molecule has 0 N–H and O–H groups in total. The summed E-state index contributed by atoms with van der Waals surface area (Å²) in [5.41, 5.74) is 0. The molecular formula is C9H20IN. The molecule has 0 aliphatic carbocycles. The Morgan fingerprint density at radius 1 is 1.18 bits per heavy atom. The van der Waals surface area contributed by atoms with Crippen LogP contribution >= 0.6 is 22.6 Å². The largest absolute Gasteiger partial charge is 0.307 e. The molecule has 0 aliphatic rings. The molecule has 2 atom stereocenters. The van der Waals surface area contributed by atoms with Gasteiger partial charge in [0.05, 0.1) is 0 Å². The Morgan fingerprint density at radius 2 is 1.73 bits per heavy atom. The van der Waals surface area contributed by atoms with Crippen molar-refractivity contribution < 1.29 is 0 Å². The maximum atomic E-state index is 2.49. The van der Waals surface area contributed by atoms with Crippen LogP contribution in [0.3, 0.4) is 0 Å². The molecular weight excluding hydrogens is 249 g/mol. The standard InChI is InChI=1S/C9H20IN/c1-8(10)6-5-7-9(2)11(3)4/h8-9H,5-7H2,1-4H3. The number of alkyl halides is 1. The van der Waals surface area contributed by atoms with Gasteiger partial charge in [0.1, 0.15) is 0 Å². The van der Waals surface area contributed by atoms with Gasteiger partial charge in [0.15, 0.2) is 0 Å². The number of hydrogen-bond acceptors (Lipinski definition) is 1. The van der Waals surface area contributed by atoms with Crippen LogP contribution in [0.25, 0.3) is 0 Å². The molecule has 0 aromatic carbocycles. The van der Waals surface area contributed by atoms with Crippen molar-refractivity contribution in [2.75, 3.05) is 14.1 Å². The summed E-state index contributed by atoms with van der Waals surface area (Å²) in [6, 6.07) is 0.741. The molecule has 0 heterocycles. The minimum atomic E-state index is 0.741. The second-order valence-electron chi connectivity index (χ2n) is 3.52. The van der Waals surface area contributed by atoms with E-state index in [4.69, 9.17) is 0 Å². The summed E-state index contributed by atoms with van der Waals surface area (Å²) in [4.78, 5) is 2.29. The molecule has 0 rings (SSSR count). The van der Waals surface area contributed by atoms with Crippen LogP contribution in [-0.2, 0) is 0 Å². The van der Waals surface area contributed by atoms with Crippen LogP contribution in [-0.4, -0.2) is 29.0 Å². The summed E-state index contributed by atoms with van der Waals surface area (Å²) >= 11 is 2.49. The van der Waals surface area contributed by atoms with Crippen LogP contribution in [0.1, 0.15) is 33.1 Å². The second-order valence-corrected chi connectivity index (χ2v) is 5.65. The van der Waals surface area contributed by atoms with Gasteiger partial charge in [0.2, 0.25) is 0 Å². The normalized spacial score (nSPS) is 16.9. The maximum absolute atomic E-state index is 2.49. The van der Waals surface area contributed by atoms with E-state index < -0.39 is 0 Å². The van der Waals surface area contributed by atoms with E-state index in [-0.39, 0.29) is 0 Å². The van der Waals surface area contributed by atoms with Crippen molar-refractivity contribution in [3.8, 4) is 0 Å². The van der Waals surface area contributed by atoms with E-state index in [1.54, 1.807) is 0 Å². The Bertz CT molecular complexity index is 91.6. The third-order valence-corrected chi connectivity index (χ3v) is 2.73. The van der Waals surface area contributed by atoms with Crippen molar-refractivity contribution in [2.24, 2.45) is 0 Å². The summed E-state index contributed by atoms with van der Waals surface area (Å²) in [6.07, 6.45) is 4.06. The number of halogens is 1. The molecule has 0 spiro atoms. The van der Waals surface area contributed by atoms with Crippen molar-refractivity contribution in [3.63, 3.8) is 0 Å². The molecule has 1 nitrogen and oxygen atoms in total. The van der Waals surface area contributed by atoms with Crippen molar-refractivity contribution >= 4 is 22.6 Å². The average Bonchev–Trinajstić information content (AvgIpc) is 1.86. The Hall–Kier alpha value is 0.690. The summed E-state index contributed by atoms with van der Waals surface area (Å²) < 4.78 is 0.835. The van der Waals surface area contributed by atoms with Gasteiger partial charge in [-0.05, 0) is 33.9 Å². The fourth-order valence-electron chi connectivity index (χ4n) is 0.953. The second kappa shape index (κ2) is 6.23. The van der Waals surface area contributed by atoms with Crippen molar-refractivity contribution in [3.05, 3.63) is 0 Å². The molecule has 0 amide bonds. The van der Waals surface area contributed by atoms with Gasteiger partial charge in [-0.25, -0.2) is 0 Å². The van der Waals surface area contributed by atoms with Gasteiger partial charge in [-0.2, -0.15) is 0 Å². The predicted octanol–water partition coefficient (Wildman–Crippen LogP) is 2.93. The zero-order chi connectivity index (χ0) is 8.85. The maximum Gasteiger partial charge on any atom is 0.00813 e. The Morgan fingerprint density at radius 3 is 2.09 bits per heavy atom. The lowest BCUT2D eigenvalue weighted by atomic mass is 10.1. The molecule has 11 heavy (non-hydrogen) atoms. The van der Waals surface area contributed by atoms with Crippen molar-refractivity contribution in [2.45, 2.75) is 43.1 Å². The summed E-state index contributed by atoms with van der Waals surface area (Å²) in [7, 11) is 4.30. The van der Waals surface area contributed by atoms with Gasteiger partial charge in [-0.3, -0.25) is 0 Å². The highest BCUT2D eigenvalue weighted by Gasteiger charge is 2.04. The third-order valence-electron chi connectivity index (χ3n) is 2.11. The van der Waals surface area contributed by atoms with Gasteiger partial charge in [0.25, 0.3) is 0 Å². The first kappa shape index (κ1) is 11.7. The Kier molecular flexibility index (Phi) is 6.62. The highest BCUT2D eigenvalue weighted by Crippen LogP contribution is 2.11. The first-order valence-corrected chi connectivity index (χ1v) is 5.59. The lowest BCUT2D eigenvalue weighted by Gasteiger charge is -2.19. The third kappa shape index (κ3) is 7.06. The first-order valence-electron chi connectivity index (χ1n) is 4.34. The molecule has 2 heteroatoms. The molecule has 0 radical (unpaired) electrons. The summed E-state index contributed by atoms with van der Waals surface area (Å²) in [5.74, 6) is 0. The molecule has 0 aromatic heterocycles. The van der Waals surface area contributed by atoms with Gasteiger partial charge in [0, 0.05) is 9.97 Å². The summed E-state index contributed by atoms with van der Waals surface area (Å²) in [5, 5.41) is 0. The number of nitrogens with zero attached hydrogens (tertiary/aromatic N) is 1. The zero-order valence-corrected chi connectivity index (χ0v) is 10.3. The zero-order valence-electron chi connectivity index (χ0n) is 8.10. The van der Waals surface area contributed by atoms with E-state index in [0.29, 0.717) is 0 Å².